The number of fused-ring (bicyclic) bond motifs is 1. The van der Waals surface area contributed by atoms with Gasteiger partial charge >= 0.3 is 6.18 Å². The lowest BCUT2D eigenvalue weighted by Crippen LogP contribution is -2.34. The van der Waals surface area contributed by atoms with Crippen LogP contribution in [0.1, 0.15) is 41.9 Å². The Morgan fingerprint density at radius 3 is 2.56 bits per heavy atom. The molecule has 32 heavy (non-hydrogen) atoms. The molecule has 3 aliphatic rings. The number of piperidine rings is 1. The van der Waals surface area contributed by atoms with Crippen LogP contribution in [0.15, 0.2) is 47.4 Å². The third-order valence-electron chi connectivity index (χ3n) is 6.89. The third-order valence-corrected chi connectivity index (χ3v) is 8.34. The number of halogens is 3. The molecule has 0 amide bonds. The van der Waals surface area contributed by atoms with Gasteiger partial charge in [0.1, 0.15) is 0 Å². The van der Waals surface area contributed by atoms with Crippen LogP contribution in [0.5, 0.6) is 0 Å². The van der Waals surface area contributed by atoms with E-state index in [1.54, 1.807) is 4.31 Å². The number of nitrogens with one attached hydrogen (secondary N) is 2. The molecule has 2 aromatic rings. The van der Waals surface area contributed by atoms with Gasteiger partial charge in [-0.05, 0) is 92.7 Å². The van der Waals surface area contributed by atoms with Crippen LogP contribution < -0.4 is 14.9 Å². The van der Waals surface area contributed by atoms with E-state index in [1.165, 1.54) is 36.1 Å². The molecule has 2 heterocycles. The second-order valence-electron chi connectivity index (χ2n) is 9.06. The van der Waals surface area contributed by atoms with E-state index in [4.69, 9.17) is 0 Å². The zero-order chi connectivity index (χ0) is 22.3. The molecular formula is C24H28F3N3OS. The summed E-state index contributed by atoms with van der Waals surface area (Å²) < 4.78 is 53.2. The van der Waals surface area contributed by atoms with Crippen molar-refractivity contribution in [3.63, 3.8) is 0 Å². The number of anilines is 1. The standard InChI is InChI=1S/C24H28F3N3OS/c25-24(26,27)19-2-4-20(5-3-19)32(31)30-12-9-18-13-17(1-6-23(18)30)21-14-22(21)29-15-16-7-10-28-11-8-16/h1-6,13,16,21-22,28-29H,7-12,14-15H2. The van der Waals surface area contributed by atoms with Gasteiger partial charge in [0.2, 0.25) is 0 Å². The van der Waals surface area contributed by atoms with Crippen molar-refractivity contribution in [2.75, 3.05) is 30.5 Å². The molecule has 0 radical (unpaired) electrons. The molecule has 2 aromatic carbocycles. The molecule has 0 spiro atoms. The largest absolute Gasteiger partial charge is 0.416 e. The zero-order valence-corrected chi connectivity index (χ0v) is 18.6. The fraction of sp³-hybridized carbons (Fsp3) is 0.500. The number of rotatable bonds is 6. The van der Waals surface area contributed by atoms with Crippen molar-refractivity contribution in [1.82, 2.24) is 10.6 Å². The Kier molecular flexibility index (Phi) is 6.03. The lowest BCUT2D eigenvalue weighted by Gasteiger charge is -2.23. The molecule has 5 rings (SSSR count). The van der Waals surface area contributed by atoms with Crippen molar-refractivity contribution in [3.8, 4) is 0 Å². The second kappa shape index (κ2) is 8.80. The summed E-state index contributed by atoms with van der Waals surface area (Å²) >= 11 is 0. The normalized spacial score (nSPS) is 24.4. The molecule has 2 fully saturated rings. The van der Waals surface area contributed by atoms with Gasteiger partial charge in [-0.3, -0.25) is 4.31 Å². The van der Waals surface area contributed by atoms with Gasteiger partial charge in [-0.25, -0.2) is 4.21 Å². The molecule has 8 heteroatoms. The SMILES string of the molecule is O=S(c1ccc(C(F)(F)F)cc1)N1CCc2cc(C3CC3NCC3CCNCC3)ccc21. The van der Waals surface area contributed by atoms with Gasteiger partial charge in [-0.2, -0.15) is 13.2 Å². The Balaban J connectivity index is 1.22. The summed E-state index contributed by atoms with van der Waals surface area (Å²) in [5.41, 5.74) is 2.70. The van der Waals surface area contributed by atoms with E-state index in [0.717, 1.165) is 56.2 Å². The van der Waals surface area contributed by atoms with Crippen molar-refractivity contribution >= 4 is 16.7 Å². The topological polar surface area (TPSA) is 44.4 Å². The summed E-state index contributed by atoms with van der Waals surface area (Å²) in [5.74, 6) is 1.31. The number of alkyl halides is 3. The Morgan fingerprint density at radius 2 is 1.84 bits per heavy atom. The van der Waals surface area contributed by atoms with Gasteiger partial charge in [-0.15, -0.1) is 0 Å². The minimum Gasteiger partial charge on any atom is -0.317 e. The van der Waals surface area contributed by atoms with Crippen LogP contribution >= 0.6 is 0 Å². The van der Waals surface area contributed by atoms with Crippen molar-refractivity contribution in [2.24, 2.45) is 5.92 Å². The number of hydrogen-bond acceptors (Lipinski definition) is 3. The Hall–Kier alpha value is -1.90. The van der Waals surface area contributed by atoms with E-state index in [2.05, 4.69) is 22.8 Å². The molecule has 1 aliphatic carbocycles. The quantitative estimate of drug-likeness (QED) is 0.674. The van der Waals surface area contributed by atoms with Crippen LogP contribution in [0, 0.1) is 5.92 Å². The predicted molar refractivity (Wildman–Crippen MR) is 120 cm³/mol. The highest BCUT2D eigenvalue weighted by molar-refractivity contribution is 7.86. The first-order valence-corrected chi connectivity index (χ1v) is 12.4. The predicted octanol–water partition coefficient (Wildman–Crippen LogP) is 4.24. The highest BCUT2D eigenvalue weighted by Crippen LogP contribution is 2.43. The fourth-order valence-corrected chi connectivity index (χ4v) is 6.11. The summed E-state index contributed by atoms with van der Waals surface area (Å²) in [5, 5.41) is 7.15. The van der Waals surface area contributed by atoms with E-state index in [9.17, 15) is 17.4 Å². The number of benzene rings is 2. The van der Waals surface area contributed by atoms with Crippen LogP contribution in [0.2, 0.25) is 0 Å². The maximum absolute atomic E-state index is 13.0. The highest BCUT2D eigenvalue weighted by Gasteiger charge is 2.39. The Morgan fingerprint density at radius 1 is 1.09 bits per heavy atom. The van der Waals surface area contributed by atoms with Crippen LogP contribution in [0.25, 0.3) is 0 Å². The molecular weight excluding hydrogens is 435 g/mol. The van der Waals surface area contributed by atoms with Gasteiger partial charge in [0.05, 0.1) is 16.1 Å². The Labute approximate surface area is 189 Å². The van der Waals surface area contributed by atoms with E-state index < -0.39 is 22.7 Å². The average molecular weight is 464 g/mol. The van der Waals surface area contributed by atoms with Crippen LogP contribution in [0.3, 0.4) is 0 Å². The molecule has 1 saturated carbocycles. The lowest BCUT2D eigenvalue weighted by atomic mass is 9.98. The summed E-state index contributed by atoms with van der Waals surface area (Å²) in [7, 11) is -1.52. The molecule has 3 atom stereocenters. The monoisotopic (exact) mass is 463 g/mol. The van der Waals surface area contributed by atoms with Crippen molar-refractivity contribution in [2.45, 2.75) is 48.7 Å². The first kappa shape index (κ1) is 21.9. The zero-order valence-electron chi connectivity index (χ0n) is 17.8. The molecule has 0 bridgehead atoms. The maximum Gasteiger partial charge on any atom is 0.416 e. The molecule has 2 N–H and O–H groups in total. The van der Waals surface area contributed by atoms with E-state index in [0.29, 0.717) is 23.4 Å². The summed E-state index contributed by atoms with van der Waals surface area (Å²) in [6.45, 7) is 3.94. The second-order valence-corrected chi connectivity index (χ2v) is 10.5. The maximum atomic E-state index is 13.0. The van der Waals surface area contributed by atoms with E-state index in [1.807, 2.05) is 6.07 Å². The first-order valence-electron chi connectivity index (χ1n) is 11.3. The molecule has 4 nitrogen and oxygen atoms in total. The van der Waals surface area contributed by atoms with E-state index in [-0.39, 0.29) is 0 Å². The van der Waals surface area contributed by atoms with Gasteiger partial charge in [-0.1, -0.05) is 12.1 Å². The Bertz CT molecular complexity index is 989. The van der Waals surface area contributed by atoms with Gasteiger partial charge in [0.25, 0.3) is 0 Å². The summed E-state index contributed by atoms with van der Waals surface area (Å²) in [6, 6.07) is 11.6. The minimum atomic E-state index is -4.39. The van der Waals surface area contributed by atoms with Gasteiger partial charge in [0, 0.05) is 18.5 Å². The van der Waals surface area contributed by atoms with Gasteiger partial charge in [0.15, 0.2) is 11.0 Å². The molecule has 2 aliphatic heterocycles. The fourth-order valence-electron chi connectivity index (χ4n) is 4.87. The molecule has 1 saturated heterocycles. The van der Waals surface area contributed by atoms with E-state index >= 15 is 0 Å². The average Bonchev–Trinajstić information content (AvgIpc) is 3.46. The molecule has 0 aromatic heterocycles. The number of hydrogen-bond donors (Lipinski definition) is 2. The van der Waals surface area contributed by atoms with Crippen LogP contribution in [0.4, 0.5) is 18.9 Å². The highest BCUT2D eigenvalue weighted by atomic mass is 32.2. The van der Waals surface area contributed by atoms with Crippen molar-refractivity contribution < 1.29 is 17.4 Å². The minimum absolute atomic E-state index is 0.388. The molecule has 172 valence electrons. The van der Waals surface area contributed by atoms with Crippen LogP contribution in [-0.4, -0.2) is 36.4 Å². The third kappa shape index (κ3) is 4.58. The summed E-state index contributed by atoms with van der Waals surface area (Å²) in [4.78, 5) is 0.388. The first-order chi connectivity index (χ1) is 15.4. The van der Waals surface area contributed by atoms with Crippen molar-refractivity contribution in [1.29, 1.82) is 0 Å². The van der Waals surface area contributed by atoms with Gasteiger partial charge < -0.3 is 10.6 Å². The smallest absolute Gasteiger partial charge is 0.317 e. The molecule has 3 unspecified atom stereocenters. The lowest BCUT2D eigenvalue weighted by molar-refractivity contribution is -0.137. The van der Waals surface area contributed by atoms with Crippen molar-refractivity contribution in [3.05, 3.63) is 59.2 Å². The van der Waals surface area contributed by atoms with Crippen LogP contribution in [-0.2, 0) is 23.6 Å². The summed E-state index contributed by atoms with van der Waals surface area (Å²) in [6.07, 6.45) is 0.0600. The number of nitrogens with zero attached hydrogens (tertiary/aromatic N) is 1.